The van der Waals surface area contributed by atoms with Gasteiger partial charge in [0.2, 0.25) is 5.91 Å². The quantitative estimate of drug-likeness (QED) is 0.852. The number of carbonyl (C=O) groups excluding carboxylic acids is 2. The van der Waals surface area contributed by atoms with Crippen molar-refractivity contribution in [2.24, 2.45) is 5.92 Å². The van der Waals surface area contributed by atoms with Gasteiger partial charge in [-0.05, 0) is 56.0 Å². The molecule has 2 amide bonds. The van der Waals surface area contributed by atoms with Gasteiger partial charge in [0, 0.05) is 25.0 Å². The molecule has 1 aromatic rings. The predicted molar refractivity (Wildman–Crippen MR) is 99.0 cm³/mol. The fraction of sp³-hybridized carbons (Fsp3) is 0.647. The highest BCUT2D eigenvalue weighted by molar-refractivity contribution is 7.08. The minimum Gasteiger partial charge on any atom is -0.354 e. The maximum atomic E-state index is 12.6. The van der Waals surface area contributed by atoms with Gasteiger partial charge < -0.3 is 15.5 Å². The SMILES string of the molecule is Cc1cscc1C(=O)N1CCCC(CNC(=O)C2CCCN2)C1.Cl. The molecule has 5 nitrogen and oxygen atoms in total. The summed E-state index contributed by atoms with van der Waals surface area (Å²) >= 11 is 1.58. The van der Waals surface area contributed by atoms with E-state index in [0.717, 1.165) is 56.4 Å². The first-order chi connectivity index (χ1) is 11.1. The fourth-order valence-corrected chi connectivity index (χ4v) is 4.26. The zero-order valence-corrected chi connectivity index (χ0v) is 15.7. The van der Waals surface area contributed by atoms with Gasteiger partial charge >= 0.3 is 0 Å². The van der Waals surface area contributed by atoms with Crippen molar-refractivity contribution in [2.45, 2.75) is 38.6 Å². The standard InChI is InChI=1S/C17H25N3O2S.ClH/c1-12-10-23-11-14(12)17(22)20-7-3-4-13(9-20)8-19-16(21)15-5-2-6-18-15;/h10-11,13,15,18H,2-9H2,1H3,(H,19,21);1H. The van der Waals surface area contributed by atoms with Crippen LogP contribution in [0.25, 0.3) is 0 Å². The molecule has 2 atom stereocenters. The van der Waals surface area contributed by atoms with Crippen molar-refractivity contribution < 1.29 is 9.59 Å². The molecule has 0 bridgehead atoms. The Bertz CT molecular complexity index is 572. The van der Waals surface area contributed by atoms with E-state index in [1.165, 1.54) is 0 Å². The predicted octanol–water partition coefficient (Wildman–Crippen LogP) is 2.20. The maximum absolute atomic E-state index is 12.6. The first-order valence-electron chi connectivity index (χ1n) is 8.48. The third-order valence-electron chi connectivity index (χ3n) is 4.83. The summed E-state index contributed by atoms with van der Waals surface area (Å²) in [5.74, 6) is 0.605. The third kappa shape index (κ3) is 4.49. The van der Waals surface area contributed by atoms with Gasteiger partial charge in [0.15, 0.2) is 0 Å². The summed E-state index contributed by atoms with van der Waals surface area (Å²) in [6.45, 7) is 5.16. The Balaban J connectivity index is 0.00000208. The van der Waals surface area contributed by atoms with Gasteiger partial charge in [0.1, 0.15) is 0 Å². The van der Waals surface area contributed by atoms with Gasteiger partial charge in [-0.25, -0.2) is 0 Å². The first-order valence-corrected chi connectivity index (χ1v) is 9.42. The van der Waals surface area contributed by atoms with Crippen LogP contribution < -0.4 is 10.6 Å². The van der Waals surface area contributed by atoms with Crippen molar-refractivity contribution in [1.82, 2.24) is 15.5 Å². The van der Waals surface area contributed by atoms with E-state index in [1.54, 1.807) is 11.3 Å². The van der Waals surface area contributed by atoms with Crippen molar-refractivity contribution in [2.75, 3.05) is 26.2 Å². The maximum Gasteiger partial charge on any atom is 0.254 e. The van der Waals surface area contributed by atoms with Crippen molar-refractivity contribution in [3.05, 3.63) is 21.9 Å². The number of piperidine rings is 1. The Morgan fingerprint density at radius 1 is 1.33 bits per heavy atom. The molecule has 2 saturated heterocycles. The average Bonchev–Trinajstić information content (AvgIpc) is 3.23. The van der Waals surface area contributed by atoms with Crippen LogP contribution in [0.4, 0.5) is 0 Å². The monoisotopic (exact) mass is 371 g/mol. The van der Waals surface area contributed by atoms with E-state index < -0.39 is 0 Å². The molecule has 2 N–H and O–H groups in total. The number of aryl methyl sites for hydroxylation is 1. The highest BCUT2D eigenvalue weighted by Gasteiger charge is 2.27. The summed E-state index contributed by atoms with van der Waals surface area (Å²) in [5.41, 5.74) is 1.89. The normalized spacial score (nSPS) is 23.6. The second-order valence-corrected chi connectivity index (χ2v) is 7.37. The van der Waals surface area contributed by atoms with E-state index in [1.807, 2.05) is 22.6 Å². The number of likely N-dealkylation sites (tertiary alicyclic amines) is 1. The molecule has 2 fully saturated rings. The van der Waals surface area contributed by atoms with E-state index in [-0.39, 0.29) is 30.3 Å². The average molecular weight is 372 g/mol. The second kappa shape index (κ2) is 8.83. The molecule has 2 aliphatic heterocycles. The molecule has 7 heteroatoms. The number of carbonyl (C=O) groups is 2. The van der Waals surface area contributed by atoms with Crippen LogP contribution >= 0.6 is 23.7 Å². The third-order valence-corrected chi connectivity index (χ3v) is 5.70. The Morgan fingerprint density at radius 3 is 2.83 bits per heavy atom. The zero-order valence-electron chi connectivity index (χ0n) is 14.0. The van der Waals surface area contributed by atoms with E-state index in [9.17, 15) is 9.59 Å². The molecule has 0 saturated carbocycles. The van der Waals surface area contributed by atoms with Crippen molar-refractivity contribution >= 4 is 35.6 Å². The largest absolute Gasteiger partial charge is 0.354 e. The Hall–Kier alpha value is -1.11. The number of amides is 2. The lowest BCUT2D eigenvalue weighted by Crippen LogP contribution is -2.46. The minimum absolute atomic E-state index is 0. The lowest BCUT2D eigenvalue weighted by atomic mass is 9.97. The molecule has 134 valence electrons. The summed E-state index contributed by atoms with van der Waals surface area (Å²) in [5, 5.41) is 10.2. The highest BCUT2D eigenvalue weighted by atomic mass is 35.5. The number of nitrogens with one attached hydrogen (secondary N) is 2. The van der Waals surface area contributed by atoms with Gasteiger partial charge in [-0.1, -0.05) is 0 Å². The smallest absolute Gasteiger partial charge is 0.254 e. The van der Waals surface area contributed by atoms with Crippen LogP contribution in [0, 0.1) is 12.8 Å². The number of thiophene rings is 1. The second-order valence-electron chi connectivity index (χ2n) is 6.62. The van der Waals surface area contributed by atoms with Crippen molar-refractivity contribution in [3.8, 4) is 0 Å². The topological polar surface area (TPSA) is 61.4 Å². The van der Waals surface area contributed by atoms with Gasteiger partial charge in [0.25, 0.3) is 5.91 Å². The van der Waals surface area contributed by atoms with Crippen LogP contribution in [-0.2, 0) is 4.79 Å². The molecule has 0 aliphatic carbocycles. The van der Waals surface area contributed by atoms with Gasteiger partial charge in [-0.3, -0.25) is 9.59 Å². The van der Waals surface area contributed by atoms with Crippen LogP contribution in [-0.4, -0.2) is 48.9 Å². The number of halogens is 1. The summed E-state index contributed by atoms with van der Waals surface area (Å²) in [6, 6.07) is -0.0234. The Morgan fingerprint density at radius 2 is 2.17 bits per heavy atom. The van der Waals surface area contributed by atoms with Gasteiger partial charge in [-0.15, -0.1) is 12.4 Å². The molecule has 2 aliphatic rings. The number of rotatable bonds is 4. The molecule has 3 heterocycles. The molecule has 0 spiro atoms. The number of hydrogen-bond acceptors (Lipinski definition) is 4. The van der Waals surface area contributed by atoms with Crippen LogP contribution in [0.3, 0.4) is 0 Å². The molecule has 2 unspecified atom stereocenters. The number of hydrogen-bond donors (Lipinski definition) is 2. The summed E-state index contributed by atoms with van der Waals surface area (Å²) in [6.07, 6.45) is 4.09. The molecule has 0 radical (unpaired) electrons. The van der Waals surface area contributed by atoms with E-state index in [2.05, 4.69) is 10.6 Å². The number of nitrogens with zero attached hydrogens (tertiary/aromatic N) is 1. The molecule has 3 rings (SSSR count). The van der Waals surface area contributed by atoms with Crippen LogP contribution in [0.5, 0.6) is 0 Å². The summed E-state index contributed by atoms with van der Waals surface area (Å²) < 4.78 is 0. The van der Waals surface area contributed by atoms with Crippen LogP contribution in [0.1, 0.15) is 41.6 Å². The van der Waals surface area contributed by atoms with Crippen LogP contribution in [0.15, 0.2) is 10.8 Å². The lowest BCUT2D eigenvalue weighted by molar-refractivity contribution is -0.123. The Labute approximate surface area is 153 Å². The minimum atomic E-state index is -0.0234. The van der Waals surface area contributed by atoms with Gasteiger partial charge in [-0.2, -0.15) is 11.3 Å². The molecular weight excluding hydrogens is 346 g/mol. The fourth-order valence-electron chi connectivity index (χ4n) is 3.44. The van der Waals surface area contributed by atoms with Crippen molar-refractivity contribution in [1.29, 1.82) is 0 Å². The molecule has 1 aromatic heterocycles. The summed E-state index contributed by atoms with van der Waals surface area (Å²) in [4.78, 5) is 26.6. The Kier molecular flexibility index (Phi) is 7.07. The van der Waals surface area contributed by atoms with E-state index in [4.69, 9.17) is 0 Å². The van der Waals surface area contributed by atoms with E-state index in [0.29, 0.717) is 12.5 Å². The lowest BCUT2D eigenvalue weighted by Gasteiger charge is -2.33. The van der Waals surface area contributed by atoms with Gasteiger partial charge in [0.05, 0.1) is 11.6 Å². The summed E-state index contributed by atoms with van der Waals surface area (Å²) in [7, 11) is 0. The highest BCUT2D eigenvalue weighted by Crippen LogP contribution is 2.21. The van der Waals surface area contributed by atoms with Crippen LogP contribution in [0.2, 0.25) is 0 Å². The first kappa shape index (κ1) is 19.2. The molecule has 0 aromatic carbocycles. The molecular formula is C17H26ClN3O2S. The van der Waals surface area contributed by atoms with Crippen molar-refractivity contribution in [3.63, 3.8) is 0 Å². The molecule has 24 heavy (non-hydrogen) atoms. The van der Waals surface area contributed by atoms with E-state index >= 15 is 0 Å². The zero-order chi connectivity index (χ0) is 16.2.